The van der Waals surface area contributed by atoms with Crippen molar-refractivity contribution in [1.82, 2.24) is 24.5 Å². The molecule has 0 saturated heterocycles. The zero-order chi connectivity index (χ0) is 12.4. The molecule has 0 unspecified atom stereocenters. The molecule has 0 fully saturated rings. The molecule has 2 aromatic heterocycles. The zero-order valence-electron chi connectivity index (χ0n) is 9.15. The Morgan fingerprint density at radius 2 is 2.29 bits per heavy atom. The Morgan fingerprint density at radius 1 is 1.53 bits per heavy atom. The lowest BCUT2D eigenvalue weighted by Crippen LogP contribution is -2.11. The Labute approximate surface area is 96.0 Å². The summed E-state index contributed by atoms with van der Waals surface area (Å²) in [5.41, 5.74) is 5.41. The van der Waals surface area contributed by atoms with Gasteiger partial charge in [0.15, 0.2) is 11.6 Å². The SMILES string of the molecule is Cc1ncc([N+](=O)[O-])n1CCn1cc(N)nn1. The van der Waals surface area contributed by atoms with Crippen molar-refractivity contribution in [3.8, 4) is 0 Å². The average Bonchev–Trinajstić information content (AvgIpc) is 2.82. The molecular weight excluding hydrogens is 226 g/mol. The molecule has 2 N–H and O–H groups in total. The molecule has 9 nitrogen and oxygen atoms in total. The number of rotatable bonds is 4. The van der Waals surface area contributed by atoms with Crippen LogP contribution in [0.2, 0.25) is 0 Å². The highest BCUT2D eigenvalue weighted by molar-refractivity contribution is 5.20. The topological polar surface area (TPSA) is 118 Å². The zero-order valence-corrected chi connectivity index (χ0v) is 9.15. The number of nitrogen functional groups attached to an aromatic ring is 1. The summed E-state index contributed by atoms with van der Waals surface area (Å²) in [6.45, 7) is 2.55. The molecule has 0 bridgehead atoms. The van der Waals surface area contributed by atoms with Gasteiger partial charge in [-0.2, -0.15) is 0 Å². The van der Waals surface area contributed by atoms with Crippen LogP contribution in [-0.4, -0.2) is 29.5 Å². The summed E-state index contributed by atoms with van der Waals surface area (Å²) in [4.78, 5) is 14.2. The van der Waals surface area contributed by atoms with E-state index in [9.17, 15) is 10.1 Å². The number of aryl methyl sites for hydroxylation is 2. The minimum absolute atomic E-state index is 0.0319. The first-order valence-corrected chi connectivity index (χ1v) is 4.90. The van der Waals surface area contributed by atoms with Crippen LogP contribution in [0.4, 0.5) is 11.6 Å². The van der Waals surface area contributed by atoms with Crippen molar-refractivity contribution >= 4 is 11.6 Å². The molecular formula is C8H11N7O2. The maximum absolute atomic E-state index is 10.7. The number of nitrogens with zero attached hydrogens (tertiary/aromatic N) is 6. The van der Waals surface area contributed by atoms with Crippen molar-refractivity contribution in [2.45, 2.75) is 20.0 Å². The van der Waals surface area contributed by atoms with Crippen molar-refractivity contribution < 1.29 is 4.92 Å². The number of anilines is 1. The molecule has 2 aromatic rings. The van der Waals surface area contributed by atoms with Gasteiger partial charge in [-0.05, 0) is 4.92 Å². The van der Waals surface area contributed by atoms with Crippen molar-refractivity contribution in [3.05, 3.63) is 28.3 Å². The maximum Gasteiger partial charge on any atom is 0.342 e. The van der Waals surface area contributed by atoms with E-state index in [-0.39, 0.29) is 5.82 Å². The van der Waals surface area contributed by atoms with E-state index in [1.165, 1.54) is 15.4 Å². The van der Waals surface area contributed by atoms with E-state index in [0.29, 0.717) is 24.7 Å². The molecule has 0 amide bonds. The summed E-state index contributed by atoms with van der Waals surface area (Å²) < 4.78 is 3.04. The van der Waals surface area contributed by atoms with Crippen LogP contribution in [0, 0.1) is 17.0 Å². The van der Waals surface area contributed by atoms with E-state index in [2.05, 4.69) is 15.3 Å². The van der Waals surface area contributed by atoms with Crippen LogP contribution in [0.15, 0.2) is 12.4 Å². The lowest BCUT2D eigenvalue weighted by Gasteiger charge is -2.02. The monoisotopic (exact) mass is 237 g/mol. The predicted molar refractivity (Wildman–Crippen MR) is 58.1 cm³/mol. The second-order valence-electron chi connectivity index (χ2n) is 3.48. The van der Waals surface area contributed by atoms with Crippen molar-refractivity contribution in [2.75, 3.05) is 5.73 Å². The van der Waals surface area contributed by atoms with Crippen LogP contribution in [0.3, 0.4) is 0 Å². The van der Waals surface area contributed by atoms with Gasteiger partial charge in [-0.1, -0.05) is 5.21 Å². The number of hydrogen-bond donors (Lipinski definition) is 1. The van der Waals surface area contributed by atoms with E-state index < -0.39 is 4.92 Å². The Bertz CT molecular complexity index is 544. The van der Waals surface area contributed by atoms with Crippen LogP contribution in [0.1, 0.15) is 5.82 Å². The maximum atomic E-state index is 10.7. The Hall–Kier alpha value is -2.45. The largest absolute Gasteiger partial charge is 0.381 e. The van der Waals surface area contributed by atoms with Gasteiger partial charge in [-0.3, -0.25) is 0 Å². The van der Waals surface area contributed by atoms with Crippen LogP contribution in [-0.2, 0) is 13.1 Å². The van der Waals surface area contributed by atoms with Gasteiger partial charge in [0.2, 0.25) is 0 Å². The molecule has 9 heteroatoms. The molecule has 90 valence electrons. The number of hydrogen-bond acceptors (Lipinski definition) is 6. The van der Waals surface area contributed by atoms with Gasteiger partial charge in [0.05, 0.1) is 12.7 Å². The van der Waals surface area contributed by atoms with Gasteiger partial charge < -0.3 is 15.8 Å². The molecule has 0 aromatic carbocycles. The van der Waals surface area contributed by atoms with Crippen LogP contribution in [0.5, 0.6) is 0 Å². The first-order chi connectivity index (χ1) is 8.08. The number of nitro groups is 1. The molecule has 0 aliphatic rings. The van der Waals surface area contributed by atoms with Gasteiger partial charge in [-0.25, -0.2) is 14.2 Å². The first-order valence-electron chi connectivity index (χ1n) is 4.90. The quantitative estimate of drug-likeness (QED) is 0.589. The average molecular weight is 237 g/mol. The van der Waals surface area contributed by atoms with E-state index in [1.807, 2.05) is 0 Å². The fourth-order valence-corrected chi connectivity index (χ4v) is 1.50. The summed E-state index contributed by atoms with van der Waals surface area (Å²) in [5, 5.41) is 18.1. The standard InChI is InChI=1S/C8H11N7O2/c1-6-10-4-8(15(16)17)14(6)3-2-13-5-7(9)11-12-13/h4-5H,2-3,9H2,1H3. The van der Waals surface area contributed by atoms with Crippen LogP contribution >= 0.6 is 0 Å². The van der Waals surface area contributed by atoms with Crippen LogP contribution < -0.4 is 5.73 Å². The molecule has 2 heterocycles. The fraction of sp³-hybridized carbons (Fsp3) is 0.375. The smallest absolute Gasteiger partial charge is 0.342 e. The Kier molecular flexibility index (Phi) is 2.73. The van der Waals surface area contributed by atoms with E-state index >= 15 is 0 Å². The van der Waals surface area contributed by atoms with Gasteiger partial charge in [0.25, 0.3) is 0 Å². The summed E-state index contributed by atoms with van der Waals surface area (Å²) in [5.74, 6) is 0.877. The number of nitrogens with two attached hydrogens (primary N) is 1. The van der Waals surface area contributed by atoms with Gasteiger partial charge in [-0.15, -0.1) is 5.10 Å². The molecule has 0 radical (unpaired) electrons. The minimum atomic E-state index is -0.463. The third-order valence-electron chi connectivity index (χ3n) is 2.33. The minimum Gasteiger partial charge on any atom is -0.381 e. The van der Waals surface area contributed by atoms with Crippen molar-refractivity contribution in [2.24, 2.45) is 0 Å². The summed E-state index contributed by atoms with van der Waals surface area (Å²) in [6, 6.07) is 0. The summed E-state index contributed by atoms with van der Waals surface area (Å²) in [7, 11) is 0. The van der Waals surface area contributed by atoms with E-state index in [4.69, 9.17) is 5.73 Å². The molecule has 0 spiro atoms. The second-order valence-corrected chi connectivity index (χ2v) is 3.48. The van der Waals surface area contributed by atoms with Crippen molar-refractivity contribution in [3.63, 3.8) is 0 Å². The van der Waals surface area contributed by atoms with Gasteiger partial charge in [0, 0.05) is 6.92 Å². The van der Waals surface area contributed by atoms with E-state index in [0.717, 1.165) is 0 Å². The highest BCUT2D eigenvalue weighted by Gasteiger charge is 2.16. The highest BCUT2D eigenvalue weighted by Crippen LogP contribution is 2.13. The number of imidazole rings is 1. The number of aromatic nitrogens is 5. The van der Waals surface area contributed by atoms with Crippen molar-refractivity contribution in [1.29, 1.82) is 0 Å². The Morgan fingerprint density at radius 3 is 2.88 bits per heavy atom. The molecule has 17 heavy (non-hydrogen) atoms. The highest BCUT2D eigenvalue weighted by atomic mass is 16.6. The molecule has 2 rings (SSSR count). The summed E-state index contributed by atoms with van der Waals surface area (Å²) in [6.07, 6.45) is 2.81. The second kappa shape index (κ2) is 4.20. The molecule has 0 atom stereocenters. The molecule has 0 aliphatic carbocycles. The van der Waals surface area contributed by atoms with Gasteiger partial charge >= 0.3 is 5.82 Å². The molecule has 0 aliphatic heterocycles. The molecule has 0 saturated carbocycles. The Balaban J connectivity index is 2.13. The van der Waals surface area contributed by atoms with Gasteiger partial charge in [0.1, 0.15) is 12.7 Å². The van der Waals surface area contributed by atoms with Crippen LogP contribution in [0.25, 0.3) is 0 Å². The predicted octanol–water partition coefficient (Wildman–Crippen LogP) is -0.0264. The lowest BCUT2D eigenvalue weighted by molar-refractivity contribution is -0.392. The lowest BCUT2D eigenvalue weighted by atomic mass is 10.5. The van der Waals surface area contributed by atoms with E-state index in [1.54, 1.807) is 13.1 Å². The first kappa shape index (κ1) is 11.0. The normalized spacial score (nSPS) is 10.6. The third kappa shape index (κ3) is 2.22. The fourth-order valence-electron chi connectivity index (χ4n) is 1.50. The summed E-state index contributed by atoms with van der Waals surface area (Å²) >= 11 is 0. The third-order valence-corrected chi connectivity index (χ3v) is 2.33.